The summed E-state index contributed by atoms with van der Waals surface area (Å²) in [5.74, 6) is 0.627. The van der Waals surface area contributed by atoms with Crippen LogP contribution in [0, 0.1) is 0 Å². The molecule has 0 unspecified atom stereocenters. The zero-order valence-electron chi connectivity index (χ0n) is 14.8. The summed E-state index contributed by atoms with van der Waals surface area (Å²) < 4.78 is 7.19. The molecule has 0 aliphatic rings. The lowest BCUT2D eigenvalue weighted by Gasteiger charge is -2.17. The quantitative estimate of drug-likeness (QED) is 0.693. The minimum atomic E-state index is -0.0355. The molecule has 0 spiro atoms. The third kappa shape index (κ3) is 3.33. The van der Waals surface area contributed by atoms with Crippen LogP contribution in [0.4, 0.5) is 0 Å². The Bertz CT molecular complexity index is 874. The van der Waals surface area contributed by atoms with Gasteiger partial charge in [-0.2, -0.15) is 0 Å². The molecule has 0 fully saturated rings. The van der Waals surface area contributed by atoms with Gasteiger partial charge in [-0.3, -0.25) is 14.2 Å². The number of amides is 1. The Balaban J connectivity index is 1.88. The third-order valence-corrected chi connectivity index (χ3v) is 4.28. The van der Waals surface area contributed by atoms with E-state index in [-0.39, 0.29) is 5.91 Å². The number of pyridine rings is 2. The molecule has 0 aliphatic heterocycles. The number of hydrogen-bond acceptors (Lipinski definition) is 4. The van der Waals surface area contributed by atoms with Gasteiger partial charge in [-0.15, -0.1) is 0 Å². The molecule has 1 amide bonds. The van der Waals surface area contributed by atoms with Gasteiger partial charge in [0.05, 0.1) is 12.8 Å². The fraction of sp³-hybridized carbons (Fsp3) is 0.316. The van der Waals surface area contributed by atoms with Crippen molar-refractivity contribution in [3.63, 3.8) is 0 Å². The first-order valence-corrected chi connectivity index (χ1v) is 8.34. The van der Waals surface area contributed by atoms with Crippen LogP contribution >= 0.6 is 0 Å². The summed E-state index contributed by atoms with van der Waals surface area (Å²) in [4.78, 5) is 23.4. The van der Waals surface area contributed by atoms with Crippen molar-refractivity contribution >= 4 is 11.6 Å². The molecular weight excluding hydrogens is 316 g/mol. The molecule has 0 N–H and O–H groups in total. The first kappa shape index (κ1) is 17.0. The normalized spacial score (nSPS) is 10.8. The van der Waals surface area contributed by atoms with E-state index in [2.05, 4.69) is 9.97 Å². The van der Waals surface area contributed by atoms with Gasteiger partial charge >= 0.3 is 0 Å². The monoisotopic (exact) mass is 338 g/mol. The minimum Gasteiger partial charge on any atom is -0.493 e. The van der Waals surface area contributed by atoms with Crippen LogP contribution in [-0.4, -0.2) is 45.9 Å². The van der Waals surface area contributed by atoms with E-state index in [0.717, 1.165) is 17.7 Å². The molecule has 6 heteroatoms. The second-order valence-corrected chi connectivity index (χ2v) is 5.86. The van der Waals surface area contributed by atoms with E-state index in [1.165, 1.54) is 0 Å². The molecule has 3 aromatic heterocycles. The van der Waals surface area contributed by atoms with E-state index in [1.54, 1.807) is 24.4 Å². The van der Waals surface area contributed by atoms with Crippen LogP contribution in [0.3, 0.4) is 0 Å². The van der Waals surface area contributed by atoms with Crippen LogP contribution in [-0.2, 0) is 12.8 Å². The third-order valence-electron chi connectivity index (χ3n) is 4.28. The van der Waals surface area contributed by atoms with Crippen molar-refractivity contribution in [2.24, 2.45) is 0 Å². The van der Waals surface area contributed by atoms with Crippen molar-refractivity contribution in [1.29, 1.82) is 0 Å². The zero-order chi connectivity index (χ0) is 17.8. The minimum absolute atomic E-state index is 0.0355. The molecule has 0 atom stereocenters. The predicted molar refractivity (Wildman–Crippen MR) is 96.0 cm³/mol. The Morgan fingerprint density at radius 1 is 1.28 bits per heavy atom. The Morgan fingerprint density at radius 2 is 2.04 bits per heavy atom. The summed E-state index contributed by atoms with van der Waals surface area (Å²) in [6.07, 6.45) is 6.86. The fourth-order valence-electron chi connectivity index (χ4n) is 2.85. The summed E-state index contributed by atoms with van der Waals surface area (Å²) in [7, 11) is 3.43. The SMILES string of the molecule is CCc1nc2c(OC)cccn2c1C(=O)N(C)CCc1ccncc1. The molecule has 6 nitrogen and oxygen atoms in total. The average molecular weight is 338 g/mol. The number of carbonyl (C=O) groups is 1. The van der Waals surface area contributed by atoms with E-state index in [4.69, 9.17) is 4.74 Å². The number of carbonyl (C=O) groups excluding carboxylic acids is 1. The van der Waals surface area contributed by atoms with E-state index < -0.39 is 0 Å². The van der Waals surface area contributed by atoms with Crippen LogP contribution in [0.1, 0.15) is 28.7 Å². The van der Waals surface area contributed by atoms with Crippen molar-refractivity contribution in [2.75, 3.05) is 20.7 Å². The molecular formula is C19H22N4O2. The number of methoxy groups -OCH3 is 1. The highest BCUT2D eigenvalue weighted by Crippen LogP contribution is 2.23. The van der Waals surface area contributed by atoms with Gasteiger partial charge in [-0.1, -0.05) is 6.92 Å². The first-order valence-electron chi connectivity index (χ1n) is 8.34. The van der Waals surface area contributed by atoms with Gasteiger partial charge in [0.1, 0.15) is 5.69 Å². The number of rotatable bonds is 6. The second-order valence-electron chi connectivity index (χ2n) is 5.86. The van der Waals surface area contributed by atoms with Crippen LogP contribution in [0.25, 0.3) is 5.65 Å². The number of nitrogens with zero attached hydrogens (tertiary/aromatic N) is 4. The van der Waals surface area contributed by atoms with Gasteiger partial charge in [0.15, 0.2) is 11.4 Å². The summed E-state index contributed by atoms with van der Waals surface area (Å²) >= 11 is 0. The predicted octanol–water partition coefficient (Wildman–Crippen LogP) is 2.62. The van der Waals surface area contributed by atoms with E-state index in [1.807, 2.05) is 48.8 Å². The first-order chi connectivity index (χ1) is 12.2. The molecule has 0 aliphatic carbocycles. The van der Waals surface area contributed by atoms with Gasteiger partial charge in [-0.25, -0.2) is 4.98 Å². The molecule has 0 bridgehead atoms. The Labute approximate surface area is 147 Å². The average Bonchev–Trinajstić information content (AvgIpc) is 3.04. The number of fused-ring (bicyclic) bond motifs is 1. The molecule has 25 heavy (non-hydrogen) atoms. The standard InChI is InChI=1S/C19H22N4O2/c1-4-15-17(23-12-5-6-16(25-3)18(23)21-15)19(24)22(2)13-9-14-7-10-20-11-8-14/h5-8,10-12H,4,9,13H2,1-3H3. The molecule has 130 valence electrons. The van der Waals surface area contributed by atoms with Crippen LogP contribution in [0.15, 0.2) is 42.9 Å². The Hall–Kier alpha value is -2.89. The number of imidazole rings is 1. The van der Waals surface area contributed by atoms with Crippen molar-refractivity contribution < 1.29 is 9.53 Å². The number of likely N-dealkylation sites (N-methyl/N-ethyl adjacent to an activating group) is 1. The molecule has 0 aromatic carbocycles. The highest BCUT2D eigenvalue weighted by Gasteiger charge is 2.22. The summed E-state index contributed by atoms with van der Waals surface area (Å²) in [5.41, 5.74) is 3.22. The van der Waals surface area contributed by atoms with Gasteiger partial charge < -0.3 is 9.64 Å². The van der Waals surface area contributed by atoms with Gasteiger partial charge in [-0.05, 0) is 42.7 Å². The molecule has 3 heterocycles. The lowest BCUT2D eigenvalue weighted by molar-refractivity contribution is 0.0788. The van der Waals surface area contributed by atoms with Gasteiger partial charge in [0.25, 0.3) is 5.91 Å². The van der Waals surface area contributed by atoms with Crippen molar-refractivity contribution in [2.45, 2.75) is 19.8 Å². The Kier molecular flexibility index (Phi) is 4.97. The van der Waals surface area contributed by atoms with Crippen LogP contribution in [0.5, 0.6) is 5.75 Å². The van der Waals surface area contributed by atoms with E-state index in [0.29, 0.717) is 30.1 Å². The number of hydrogen-bond donors (Lipinski definition) is 0. The highest BCUT2D eigenvalue weighted by molar-refractivity contribution is 5.95. The summed E-state index contributed by atoms with van der Waals surface area (Å²) in [6.45, 7) is 2.63. The molecule has 0 saturated heterocycles. The van der Waals surface area contributed by atoms with E-state index >= 15 is 0 Å². The maximum absolute atomic E-state index is 13.0. The molecule has 3 aromatic rings. The van der Waals surface area contributed by atoms with Crippen molar-refractivity contribution in [1.82, 2.24) is 19.3 Å². The lowest BCUT2D eigenvalue weighted by atomic mass is 10.2. The van der Waals surface area contributed by atoms with Crippen LogP contribution in [0.2, 0.25) is 0 Å². The second kappa shape index (κ2) is 7.34. The fourth-order valence-corrected chi connectivity index (χ4v) is 2.85. The molecule has 3 rings (SSSR count). The van der Waals surface area contributed by atoms with Crippen molar-refractivity contribution in [3.05, 3.63) is 59.8 Å². The zero-order valence-corrected chi connectivity index (χ0v) is 14.8. The van der Waals surface area contributed by atoms with Crippen molar-refractivity contribution in [3.8, 4) is 5.75 Å². The summed E-state index contributed by atoms with van der Waals surface area (Å²) in [5, 5.41) is 0. The topological polar surface area (TPSA) is 59.7 Å². The number of aryl methyl sites for hydroxylation is 1. The lowest BCUT2D eigenvalue weighted by Crippen LogP contribution is -2.30. The highest BCUT2D eigenvalue weighted by atomic mass is 16.5. The van der Waals surface area contributed by atoms with Gasteiger partial charge in [0, 0.05) is 32.2 Å². The maximum Gasteiger partial charge on any atom is 0.272 e. The smallest absolute Gasteiger partial charge is 0.272 e. The van der Waals surface area contributed by atoms with Gasteiger partial charge in [0.2, 0.25) is 0 Å². The van der Waals surface area contributed by atoms with Crippen LogP contribution < -0.4 is 4.74 Å². The molecule has 0 radical (unpaired) electrons. The molecule has 0 saturated carbocycles. The van der Waals surface area contributed by atoms with E-state index in [9.17, 15) is 4.79 Å². The Morgan fingerprint density at radius 3 is 2.72 bits per heavy atom. The summed E-state index contributed by atoms with van der Waals surface area (Å²) in [6, 6.07) is 7.65. The number of aromatic nitrogens is 3. The largest absolute Gasteiger partial charge is 0.493 e. The maximum atomic E-state index is 13.0. The number of ether oxygens (including phenoxy) is 1.